The maximum absolute atomic E-state index is 10.9. The van der Waals surface area contributed by atoms with E-state index < -0.39 is 44.9 Å². The monoisotopic (exact) mass is 336 g/mol. The molecule has 122 valence electrons. The minimum Gasteiger partial charge on any atom is -0.477 e. The van der Waals surface area contributed by atoms with Crippen LogP contribution in [0.1, 0.15) is 16.6 Å². The molecular weight excluding hydrogens is 321 g/mol. The Balaban J connectivity index is 2.14. The number of phosphoric acid groups is 1. The number of hydrogen-bond donors (Lipinski definition) is 5. The summed E-state index contributed by atoms with van der Waals surface area (Å²) in [4.78, 5) is 28.2. The van der Waals surface area contributed by atoms with Gasteiger partial charge in [-0.3, -0.25) is 4.52 Å². The van der Waals surface area contributed by atoms with Crippen molar-refractivity contribution in [2.24, 2.45) is 0 Å². The second-order valence-corrected chi connectivity index (χ2v) is 5.92. The number of aromatic nitrogens is 1. The van der Waals surface area contributed by atoms with E-state index in [1.54, 1.807) is 0 Å². The number of phosphoric ester groups is 1. The summed E-state index contributed by atoms with van der Waals surface area (Å²) >= 11 is 0. The van der Waals surface area contributed by atoms with Gasteiger partial charge in [0.2, 0.25) is 0 Å². The minimum absolute atomic E-state index is 0.0530. The minimum atomic E-state index is -4.73. The fourth-order valence-electron chi connectivity index (χ4n) is 2.06. The lowest BCUT2D eigenvalue weighted by Crippen LogP contribution is -2.46. The van der Waals surface area contributed by atoms with Gasteiger partial charge in [0.25, 0.3) is 6.23 Å². The molecule has 0 saturated carbocycles. The first-order chi connectivity index (χ1) is 10.2. The highest BCUT2D eigenvalue weighted by molar-refractivity contribution is 7.46. The molecule has 1 saturated heterocycles. The molecule has 5 N–H and O–H groups in total. The van der Waals surface area contributed by atoms with Crippen molar-refractivity contribution in [3.8, 4) is 0 Å². The van der Waals surface area contributed by atoms with Crippen molar-refractivity contribution in [1.82, 2.24) is 0 Å². The van der Waals surface area contributed by atoms with Gasteiger partial charge in [-0.15, -0.1) is 0 Å². The van der Waals surface area contributed by atoms with Gasteiger partial charge in [0.15, 0.2) is 18.5 Å². The van der Waals surface area contributed by atoms with E-state index in [0.29, 0.717) is 0 Å². The number of aliphatic hydroxyl groups excluding tert-OH is 2. The highest BCUT2D eigenvalue weighted by atomic mass is 31.2. The van der Waals surface area contributed by atoms with Crippen LogP contribution in [-0.2, 0) is 13.8 Å². The van der Waals surface area contributed by atoms with Crippen LogP contribution in [0.15, 0.2) is 24.5 Å². The molecular formula is C11H15NO9P+. The van der Waals surface area contributed by atoms with Crippen molar-refractivity contribution in [2.75, 3.05) is 6.61 Å². The van der Waals surface area contributed by atoms with Crippen molar-refractivity contribution in [2.45, 2.75) is 24.5 Å². The number of aromatic carboxylic acids is 1. The van der Waals surface area contributed by atoms with Crippen LogP contribution < -0.4 is 4.57 Å². The van der Waals surface area contributed by atoms with E-state index in [2.05, 4.69) is 4.52 Å². The average Bonchev–Trinajstić information content (AvgIpc) is 2.72. The quantitative estimate of drug-likeness (QED) is 0.315. The fourth-order valence-corrected chi connectivity index (χ4v) is 2.40. The molecule has 2 rings (SSSR count). The lowest BCUT2D eigenvalue weighted by Gasteiger charge is -2.13. The van der Waals surface area contributed by atoms with Gasteiger partial charge in [-0.25, -0.2) is 9.36 Å². The molecule has 0 amide bonds. The van der Waals surface area contributed by atoms with Gasteiger partial charge in [0.1, 0.15) is 17.8 Å². The Morgan fingerprint density at radius 3 is 2.64 bits per heavy atom. The first kappa shape index (κ1) is 17.0. The average molecular weight is 336 g/mol. The molecule has 0 unspecified atom stereocenters. The predicted molar refractivity (Wildman–Crippen MR) is 67.5 cm³/mol. The largest absolute Gasteiger partial charge is 0.477 e. The SMILES string of the molecule is O=C(O)c1ccc[n+]([C@@H]2O[C@H](COP(=O)(O)O)[C@@H](O)[C@H]2O)c1. The molecule has 1 aromatic rings. The zero-order chi connectivity index (χ0) is 16.5. The van der Waals surface area contributed by atoms with Crippen LogP contribution in [0.2, 0.25) is 0 Å². The van der Waals surface area contributed by atoms with Gasteiger partial charge in [-0.1, -0.05) is 0 Å². The summed E-state index contributed by atoms with van der Waals surface area (Å²) in [7, 11) is -4.73. The molecule has 0 bridgehead atoms. The van der Waals surface area contributed by atoms with Crippen LogP contribution in [0, 0.1) is 0 Å². The van der Waals surface area contributed by atoms with Crippen LogP contribution in [0.4, 0.5) is 0 Å². The van der Waals surface area contributed by atoms with E-state index in [9.17, 15) is 19.6 Å². The standard InChI is InChI=1S/C11H14NO9P/c13-8-7(5-20-22(17,18)19)21-10(9(8)14)12-3-1-2-6(4-12)11(15)16/h1-4,7-10,13-14H,5H2,(H2-,15,16,17,18,19)/p+1/t7-,8-,9-,10-/m1/s1. The number of ether oxygens (including phenoxy) is 1. The molecule has 0 aliphatic carbocycles. The number of carbonyl (C=O) groups is 1. The second kappa shape index (κ2) is 6.39. The highest BCUT2D eigenvalue weighted by Gasteiger charge is 2.48. The molecule has 0 radical (unpaired) electrons. The van der Waals surface area contributed by atoms with E-state index in [0.717, 1.165) is 0 Å². The third-order valence-corrected chi connectivity index (χ3v) is 3.59. The van der Waals surface area contributed by atoms with Gasteiger partial charge in [0.05, 0.1) is 6.61 Å². The van der Waals surface area contributed by atoms with E-state index in [-0.39, 0.29) is 5.56 Å². The lowest BCUT2D eigenvalue weighted by molar-refractivity contribution is -0.765. The molecule has 0 aromatic carbocycles. The van der Waals surface area contributed by atoms with Gasteiger partial charge < -0.3 is 29.8 Å². The Labute approximate surface area is 124 Å². The molecule has 22 heavy (non-hydrogen) atoms. The Kier molecular flexibility index (Phi) is 4.93. The molecule has 1 aliphatic rings. The van der Waals surface area contributed by atoms with Crippen molar-refractivity contribution in [3.63, 3.8) is 0 Å². The molecule has 2 heterocycles. The number of carboxylic acid groups (broad SMARTS) is 1. The van der Waals surface area contributed by atoms with Crippen LogP contribution in [0.5, 0.6) is 0 Å². The van der Waals surface area contributed by atoms with Crippen LogP contribution in [0.3, 0.4) is 0 Å². The molecule has 1 aromatic heterocycles. The second-order valence-electron chi connectivity index (χ2n) is 4.68. The van der Waals surface area contributed by atoms with E-state index >= 15 is 0 Å². The summed E-state index contributed by atoms with van der Waals surface area (Å²) in [5, 5.41) is 28.7. The third kappa shape index (κ3) is 3.87. The Morgan fingerprint density at radius 2 is 2.05 bits per heavy atom. The first-order valence-electron chi connectivity index (χ1n) is 6.15. The predicted octanol–water partition coefficient (Wildman–Crippen LogP) is -1.60. The van der Waals surface area contributed by atoms with Crippen molar-refractivity contribution < 1.29 is 48.3 Å². The zero-order valence-electron chi connectivity index (χ0n) is 11.1. The summed E-state index contributed by atoms with van der Waals surface area (Å²) in [5.74, 6) is -1.18. The van der Waals surface area contributed by atoms with Gasteiger partial charge >= 0.3 is 13.8 Å². The maximum atomic E-state index is 10.9. The van der Waals surface area contributed by atoms with Gasteiger partial charge in [-0.2, -0.15) is 4.57 Å². The zero-order valence-corrected chi connectivity index (χ0v) is 12.0. The third-order valence-electron chi connectivity index (χ3n) is 3.11. The summed E-state index contributed by atoms with van der Waals surface area (Å²) in [6.45, 7) is -0.627. The summed E-state index contributed by atoms with van der Waals surface area (Å²) in [5.41, 5.74) is -0.0530. The first-order valence-corrected chi connectivity index (χ1v) is 7.68. The molecule has 11 heteroatoms. The number of carboxylic acids is 1. The fraction of sp³-hybridized carbons (Fsp3) is 0.455. The van der Waals surface area contributed by atoms with Crippen molar-refractivity contribution >= 4 is 13.8 Å². The summed E-state index contributed by atoms with van der Waals surface area (Å²) in [6, 6.07) is 2.76. The number of hydrogen-bond acceptors (Lipinski definition) is 6. The Bertz CT molecular complexity index is 603. The number of pyridine rings is 1. The topological polar surface area (TPSA) is 158 Å². The van der Waals surface area contributed by atoms with Gasteiger partial charge in [-0.05, 0) is 6.07 Å². The Hall–Kier alpha value is -1.39. The Morgan fingerprint density at radius 1 is 1.36 bits per heavy atom. The van der Waals surface area contributed by atoms with E-state index in [4.69, 9.17) is 19.6 Å². The van der Waals surface area contributed by atoms with E-state index in [1.807, 2.05) is 0 Å². The van der Waals surface area contributed by atoms with Crippen LogP contribution >= 0.6 is 7.82 Å². The smallest absolute Gasteiger partial charge is 0.469 e. The number of aliphatic hydroxyl groups is 2. The molecule has 0 spiro atoms. The molecule has 1 fully saturated rings. The highest BCUT2D eigenvalue weighted by Crippen LogP contribution is 2.37. The lowest BCUT2D eigenvalue weighted by atomic mass is 10.1. The molecule has 1 aliphatic heterocycles. The summed E-state index contributed by atoms with van der Waals surface area (Å²) < 4.78 is 21.4. The van der Waals surface area contributed by atoms with Crippen molar-refractivity contribution in [3.05, 3.63) is 30.1 Å². The summed E-state index contributed by atoms with van der Waals surface area (Å²) in [6.07, 6.45) is -2.51. The molecule has 4 atom stereocenters. The van der Waals surface area contributed by atoms with Crippen molar-refractivity contribution in [1.29, 1.82) is 0 Å². The van der Waals surface area contributed by atoms with Gasteiger partial charge in [0, 0.05) is 6.07 Å². The van der Waals surface area contributed by atoms with Crippen LogP contribution in [0.25, 0.3) is 0 Å². The molecule has 10 nitrogen and oxygen atoms in total. The maximum Gasteiger partial charge on any atom is 0.469 e. The normalized spacial score (nSPS) is 28.7. The number of rotatable bonds is 5. The van der Waals surface area contributed by atoms with Crippen LogP contribution in [-0.4, -0.2) is 56.0 Å². The number of nitrogens with zero attached hydrogens (tertiary/aromatic N) is 1. The van der Waals surface area contributed by atoms with E-state index in [1.165, 1.54) is 29.1 Å².